The fraction of sp³-hybridized carbons (Fsp3) is 0.889. The van der Waals surface area contributed by atoms with Crippen LogP contribution >= 0.6 is 0 Å². The van der Waals surface area contributed by atoms with Crippen LogP contribution in [0.15, 0.2) is 0 Å². The standard InChI is InChI=1S/C10H16.C4H10.2C2H6/c1-10(2)8-6-4-3-5-7-9-10;1-3-4-2;2*1-2/h3-6,8H2,1-2H3;3-4H2,1-2H3;2*1-2H3. The summed E-state index contributed by atoms with van der Waals surface area (Å²) in [6, 6.07) is 0. The third-order valence-electron chi connectivity index (χ3n) is 2.53. The Hall–Kier alpha value is -0.440. The summed E-state index contributed by atoms with van der Waals surface area (Å²) in [6.07, 6.45) is 9.08. The first-order chi connectivity index (χ1) is 8.62. The minimum absolute atomic E-state index is 0.292. The van der Waals surface area contributed by atoms with E-state index >= 15 is 0 Å². The second-order valence-electron chi connectivity index (χ2n) is 4.75. The molecule has 0 aromatic rings. The van der Waals surface area contributed by atoms with E-state index in [0.29, 0.717) is 5.41 Å². The SMILES string of the molecule is CC.CC.CC1(C)C#CCCCCC1.CCCC. The van der Waals surface area contributed by atoms with Crippen molar-refractivity contribution >= 4 is 0 Å². The fourth-order valence-electron chi connectivity index (χ4n) is 1.32. The molecule has 0 saturated carbocycles. The second kappa shape index (κ2) is 18.9. The number of hydrogen-bond donors (Lipinski definition) is 0. The summed E-state index contributed by atoms with van der Waals surface area (Å²) in [5.41, 5.74) is 0.292. The Bertz CT molecular complexity index is 176. The summed E-state index contributed by atoms with van der Waals surface area (Å²) < 4.78 is 0. The molecule has 0 spiro atoms. The normalized spacial score (nSPS) is 15.6. The van der Waals surface area contributed by atoms with Gasteiger partial charge in [0.25, 0.3) is 0 Å². The van der Waals surface area contributed by atoms with Gasteiger partial charge in [-0.2, -0.15) is 0 Å². The number of hydrogen-bond acceptors (Lipinski definition) is 0. The van der Waals surface area contributed by atoms with Gasteiger partial charge in [0.2, 0.25) is 0 Å². The molecular weight excluding hydrogens is 216 g/mol. The highest BCUT2D eigenvalue weighted by Crippen LogP contribution is 2.24. The van der Waals surface area contributed by atoms with Gasteiger partial charge in [-0.25, -0.2) is 0 Å². The van der Waals surface area contributed by atoms with Crippen molar-refractivity contribution in [2.45, 2.75) is 100 Å². The smallest absolute Gasteiger partial charge is 0.0258 e. The van der Waals surface area contributed by atoms with E-state index in [1.807, 2.05) is 27.7 Å². The zero-order valence-electron chi connectivity index (χ0n) is 14.4. The van der Waals surface area contributed by atoms with Crippen LogP contribution in [0.25, 0.3) is 0 Å². The molecule has 1 aliphatic rings. The van der Waals surface area contributed by atoms with Gasteiger partial charge >= 0.3 is 0 Å². The highest BCUT2D eigenvalue weighted by atomic mass is 14.2. The third kappa shape index (κ3) is 20.9. The summed E-state index contributed by atoms with van der Waals surface area (Å²) in [5.74, 6) is 6.54. The maximum atomic E-state index is 3.31. The Balaban J connectivity index is -0.000000238. The summed E-state index contributed by atoms with van der Waals surface area (Å²) in [7, 11) is 0. The molecule has 0 unspecified atom stereocenters. The summed E-state index contributed by atoms with van der Waals surface area (Å²) in [5, 5.41) is 0. The lowest BCUT2D eigenvalue weighted by Gasteiger charge is -2.18. The largest absolute Gasteiger partial charge is 0.103 e. The van der Waals surface area contributed by atoms with Gasteiger partial charge < -0.3 is 0 Å². The van der Waals surface area contributed by atoms with E-state index in [4.69, 9.17) is 0 Å². The molecule has 0 bridgehead atoms. The molecule has 0 N–H and O–H groups in total. The van der Waals surface area contributed by atoms with Gasteiger partial charge in [0.1, 0.15) is 0 Å². The van der Waals surface area contributed by atoms with Crippen molar-refractivity contribution in [3.8, 4) is 11.8 Å². The summed E-state index contributed by atoms with van der Waals surface area (Å²) >= 11 is 0. The van der Waals surface area contributed by atoms with E-state index < -0.39 is 0 Å². The first-order valence-corrected chi connectivity index (χ1v) is 8.12. The zero-order chi connectivity index (χ0) is 14.9. The molecule has 18 heavy (non-hydrogen) atoms. The van der Waals surface area contributed by atoms with Crippen LogP contribution in [-0.2, 0) is 0 Å². The van der Waals surface area contributed by atoms with E-state index in [1.165, 1.54) is 38.5 Å². The topological polar surface area (TPSA) is 0 Å². The van der Waals surface area contributed by atoms with Gasteiger partial charge in [0, 0.05) is 11.8 Å². The molecule has 0 aliphatic heterocycles. The predicted molar refractivity (Wildman–Crippen MR) is 87.9 cm³/mol. The first-order valence-electron chi connectivity index (χ1n) is 8.12. The van der Waals surface area contributed by atoms with E-state index in [1.54, 1.807) is 0 Å². The third-order valence-corrected chi connectivity index (χ3v) is 2.53. The highest BCUT2D eigenvalue weighted by molar-refractivity contribution is 5.09. The van der Waals surface area contributed by atoms with Gasteiger partial charge in [-0.1, -0.05) is 73.1 Å². The highest BCUT2D eigenvalue weighted by Gasteiger charge is 2.13. The Labute approximate surface area is 118 Å². The van der Waals surface area contributed by atoms with E-state index in [-0.39, 0.29) is 0 Å². The summed E-state index contributed by atoms with van der Waals surface area (Å²) in [6.45, 7) is 16.8. The van der Waals surface area contributed by atoms with Crippen molar-refractivity contribution < 1.29 is 0 Å². The van der Waals surface area contributed by atoms with Crippen molar-refractivity contribution in [2.24, 2.45) is 5.41 Å². The van der Waals surface area contributed by atoms with Crippen LogP contribution in [0.3, 0.4) is 0 Å². The molecule has 110 valence electrons. The van der Waals surface area contributed by atoms with Crippen LogP contribution in [0.4, 0.5) is 0 Å². The minimum atomic E-state index is 0.292. The molecule has 0 radical (unpaired) electrons. The first kappa shape index (κ1) is 22.7. The van der Waals surface area contributed by atoms with Crippen molar-refractivity contribution in [3.63, 3.8) is 0 Å². The Morgan fingerprint density at radius 3 is 1.78 bits per heavy atom. The van der Waals surface area contributed by atoms with Crippen LogP contribution in [0.5, 0.6) is 0 Å². The average Bonchev–Trinajstić information content (AvgIpc) is 2.40. The number of unbranched alkanes of at least 4 members (excludes halogenated alkanes) is 1. The Morgan fingerprint density at radius 1 is 0.833 bits per heavy atom. The Kier molecular flexibility index (Phi) is 23.9. The molecule has 0 fully saturated rings. The number of rotatable bonds is 1. The van der Waals surface area contributed by atoms with Gasteiger partial charge in [-0.15, -0.1) is 5.92 Å². The van der Waals surface area contributed by atoms with E-state index in [2.05, 4.69) is 39.5 Å². The second-order valence-corrected chi connectivity index (χ2v) is 4.75. The lowest BCUT2D eigenvalue weighted by atomic mass is 9.86. The van der Waals surface area contributed by atoms with Crippen LogP contribution in [0.1, 0.15) is 100 Å². The minimum Gasteiger partial charge on any atom is -0.103 e. The molecular formula is C18H38. The van der Waals surface area contributed by atoms with Crippen molar-refractivity contribution in [3.05, 3.63) is 0 Å². The molecule has 0 aromatic carbocycles. The average molecular weight is 255 g/mol. The predicted octanol–water partition coefficient (Wildman–Crippen LogP) is 6.84. The fourth-order valence-corrected chi connectivity index (χ4v) is 1.32. The van der Waals surface area contributed by atoms with Crippen molar-refractivity contribution in [2.75, 3.05) is 0 Å². The molecule has 0 atom stereocenters. The zero-order valence-corrected chi connectivity index (χ0v) is 14.4. The van der Waals surface area contributed by atoms with Crippen LogP contribution in [0, 0.1) is 17.3 Å². The van der Waals surface area contributed by atoms with Gasteiger partial charge in [0.15, 0.2) is 0 Å². The lowest BCUT2D eigenvalue weighted by Crippen LogP contribution is -2.08. The molecule has 0 aromatic heterocycles. The molecule has 0 heterocycles. The maximum Gasteiger partial charge on any atom is 0.0258 e. The molecule has 0 saturated heterocycles. The van der Waals surface area contributed by atoms with E-state index in [9.17, 15) is 0 Å². The van der Waals surface area contributed by atoms with Crippen molar-refractivity contribution in [1.82, 2.24) is 0 Å². The maximum absolute atomic E-state index is 3.31. The molecule has 0 nitrogen and oxygen atoms in total. The monoisotopic (exact) mass is 254 g/mol. The van der Waals surface area contributed by atoms with Crippen molar-refractivity contribution in [1.29, 1.82) is 0 Å². The van der Waals surface area contributed by atoms with Gasteiger partial charge in [-0.05, 0) is 26.7 Å². The molecule has 1 aliphatic carbocycles. The van der Waals surface area contributed by atoms with Gasteiger partial charge in [-0.3, -0.25) is 0 Å². The quantitative estimate of drug-likeness (QED) is 0.449. The molecule has 1 rings (SSSR count). The van der Waals surface area contributed by atoms with Gasteiger partial charge in [0.05, 0.1) is 0 Å². The summed E-state index contributed by atoms with van der Waals surface area (Å²) in [4.78, 5) is 0. The van der Waals surface area contributed by atoms with Crippen LogP contribution in [0.2, 0.25) is 0 Å². The Morgan fingerprint density at radius 2 is 1.33 bits per heavy atom. The molecule has 0 heteroatoms. The van der Waals surface area contributed by atoms with Crippen LogP contribution in [-0.4, -0.2) is 0 Å². The lowest BCUT2D eigenvalue weighted by molar-refractivity contribution is 0.423. The molecule has 0 amide bonds. The van der Waals surface area contributed by atoms with E-state index in [0.717, 1.165) is 6.42 Å². The van der Waals surface area contributed by atoms with Crippen LogP contribution < -0.4 is 0 Å².